The van der Waals surface area contributed by atoms with Crippen LogP contribution in [0.3, 0.4) is 0 Å². The first-order chi connectivity index (χ1) is 10.7. The van der Waals surface area contributed by atoms with Crippen molar-refractivity contribution >= 4 is 23.4 Å². The fraction of sp³-hybridized carbons (Fsp3) is 0.0588. The van der Waals surface area contributed by atoms with E-state index in [1.807, 2.05) is 42.5 Å². The molecule has 106 valence electrons. The molecule has 0 spiro atoms. The standard InChI is InChI=1S/C17H12N4S/c18-8-13-15(14(9-19)17(22)21-16(13)20)12-7-3-5-10-4-1-2-6-11(10)12/h1-7,15,21-22H,20H2. The fourth-order valence-corrected chi connectivity index (χ4v) is 3.05. The summed E-state index contributed by atoms with van der Waals surface area (Å²) in [5.74, 6) is -0.265. The molecule has 2 aromatic carbocycles. The van der Waals surface area contributed by atoms with E-state index in [4.69, 9.17) is 5.73 Å². The van der Waals surface area contributed by atoms with Gasteiger partial charge in [0.2, 0.25) is 0 Å². The Morgan fingerprint density at radius 3 is 2.41 bits per heavy atom. The molecule has 1 aliphatic heterocycles. The van der Waals surface area contributed by atoms with Crippen molar-refractivity contribution in [3.8, 4) is 12.1 Å². The van der Waals surface area contributed by atoms with Crippen LogP contribution >= 0.6 is 12.6 Å². The average molecular weight is 304 g/mol. The van der Waals surface area contributed by atoms with Crippen LogP contribution in [0.1, 0.15) is 11.5 Å². The molecule has 1 unspecified atom stereocenters. The number of benzene rings is 2. The third-order valence-corrected chi connectivity index (χ3v) is 4.10. The molecule has 0 fully saturated rings. The first-order valence-corrected chi connectivity index (χ1v) is 7.09. The number of nitrogens with two attached hydrogens (primary N) is 1. The van der Waals surface area contributed by atoms with E-state index in [-0.39, 0.29) is 5.82 Å². The molecule has 0 bridgehead atoms. The largest absolute Gasteiger partial charge is 0.384 e. The van der Waals surface area contributed by atoms with E-state index < -0.39 is 5.92 Å². The quantitative estimate of drug-likeness (QED) is 0.707. The summed E-state index contributed by atoms with van der Waals surface area (Å²) in [5, 5.41) is 24.2. The Kier molecular flexibility index (Phi) is 3.50. The van der Waals surface area contributed by atoms with Gasteiger partial charge in [0.05, 0.1) is 34.2 Å². The lowest BCUT2D eigenvalue weighted by Crippen LogP contribution is -2.28. The summed E-state index contributed by atoms with van der Waals surface area (Å²) >= 11 is 4.30. The third kappa shape index (κ3) is 2.09. The van der Waals surface area contributed by atoms with Crippen molar-refractivity contribution in [3.63, 3.8) is 0 Å². The molecule has 3 rings (SSSR count). The summed E-state index contributed by atoms with van der Waals surface area (Å²) in [7, 11) is 0. The van der Waals surface area contributed by atoms with Gasteiger partial charge in [-0.2, -0.15) is 10.5 Å². The molecule has 0 aliphatic carbocycles. The molecule has 1 heterocycles. The number of nitriles is 2. The maximum atomic E-state index is 9.50. The van der Waals surface area contributed by atoms with Crippen molar-refractivity contribution in [2.24, 2.45) is 5.73 Å². The van der Waals surface area contributed by atoms with Crippen LogP contribution in [0.2, 0.25) is 0 Å². The second kappa shape index (κ2) is 5.48. The summed E-state index contributed by atoms with van der Waals surface area (Å²) < 4.78 is 0. The summed E-state index contributed by atoms with van der Waals surface area (Å²) in [6.45, 7) is 0. The minimum absolute atomic E-state index is 0.240. The van der Waals surface area contributed by atoms with Gasteiger partial charge in [0.1, 0.15) is 5.82 Å². The van der Waals surface area contributed by atoms with Gasteiger partial charge in [0.25, 0.3) is 0 Å². The number of nitrogens with zero attached hydrogens (tertiary/aromatic N) is 2. The van der Waals surface area contributed by atoms with Gasteiger partial charge in [-0.25, -0.2) is 0 Å². The molecule has 22 heavy (non-hydrogen) atoms. The highest BCUT2D eigenvalue weighted by Crippen LogP contribution is 2.39. The minimum atomic E-state index is -0.505. The van der Waals surface area contributed by atoms with Gasteiger partial charge in [0, 0.05) is 0 Å². The van der Waals surface area contributed by atoms with Gasteiger partial charge in [-0.15, -0.1) is 12.6 Å². The SMILES string of the molecule is N#CC1=C(N)NC(S)=C(C#N)C1c1cccc2ccccc12. The van der Waals surface area contributed by atoms with Crippen molar-refractivity contribution in [3.05, 3.63) is 70.0 Å². The average Bonchev–Trinajstić information content (AvgIpc) is 2.54. The molecule has 0 aromatic heterocycles. The van der Waals surface area contributed by atoms with Gasteiger partial charge in [0.15, 0.2) is 0 Å². The Bertz CT molecular complexity index is 871. The summed E-state index contributed by atoms with van der Waals surface area (Å²) in [6.07, 6.45) is 0. The summed E-state index contributed by atoms with van der Waals surface area (Å²) in [6, 6.07) is 18.0. The summed E-state index contributed by atoms with van der Waals surface area (Å²) in [5.41, 5.74) is 7.53. The number of dihydropyridines is 1. The van der Waals surface area contributed by atoms with E-state index in [0.29, 0.717) is 16.2 Å². The van der Waals surface area contributed by atoms with Crippen LogP contribution in [0.5, 0.6) is 0 Å². The number of hydrogen-bond donors (Lipinski definition) is 3. The highest BCUT2D eigenvalue weighted by Gasteiger charge is 2.31. The lowest BCUT2D eigenvalue weighted by molar-refractivity contribution is 0.846. The maximum Gasteiger partial charge on any atom is 0.116 e. The Hall–Kier alpha value is -2.89. The number of allylic oxidation sites excluding steroid dienone is 2. The van der Waals surface area contributed by atoms with Crippen LogP contribution in [0, 0.1) is 22.7 Å². The molecule has 0 radical (unpaired) electrons. The van der Waals surface area contributed by atoms with Crippen LogP contribution in [-0.2, 0) is 0 Å². The Balaban J connectivity index is 2.33. The van der Waals surface area contributed by atoms with Gasteiger partial charge >= 0.3 is 0 Å². The molecule has 1 aliphatic rings. The lowest BCUT2D eigenvalue weighted by Gasteiger charge is -2.26. The molecule has 0 saturated heterocycles. The van der Waals surface area contributed by atoms with Crippen molar-refractivity contribution in [1.82, 2.24) is 5.32 Å². The second-order valence-corrected chi connectivity index (χ2v) is 5.39. The minimum Gasteiger partial charge on any atom is -0.384 e. The molecule has 4 nitrogen and oxygen atoms in total. The lowest BCUT2D eigenvalue weighted by atomic mass is 9.82. The first kappa shape index (κ1) is 14.1. The van der Waals surface area contributed by atoms with Gasteiger partial charge in [-0.3, -0.25) is 0 Å². The van der Waals surface area contributed by atoms with Crippen LogP contribution in [-0.4, -0.2) is 0 Å². The van der Waals surface area contributed by atoms with E-state index in [1.54, 1.807) is 0 Å². The summed E-state index contributed by atoms with van der Waals surface area (Å²) in [4.78, 5) is 0. The predicted octanol–water partition coefficient (Wildman–Crippen LogP) is 2.89. The number of rotatable bonds is 1. The number of nitrogens with one attached hydrogen (secondary N) is 1. The maximum absolute atomic E-state index is 9.50. The monoisotopic (exact) mass is 304 g/mol. The molecule has 5 heteroatoms. The van der Waals surface area contributed by atoms with Crippen molar-refractivity contribution in [1.29, 1.82) is 10.5 Å². The van der Waals surface area contributed by atoms with Crippen LogP contribution < -0.4 is 11.1 Å². The third-order valence-electron chi connectivity index (χ3n) is 3.75. The Labute approximate surface area is 133 Å². The zero-order chi connectivity index (χ0) is 15.7. The van der Waals surface area contributed by atoms with Crippen molar-refractivity contribution < 1.29 is 0 Å². The van der Waals surface area contributed by atoms with E-state index in [0.717, 1.165) is 16.3 Å². The highest BCUT2D eigenvalue weighted by atomic mass is 32.1. The smallest absolute Gasteiger partial charge is 0.116 e. The first-order valence-electron chi connectivity index (χ1n) is 6.65. The molecule has 3 N–H and O–H groups in total. The zero-order valence-electron chi connectivity index (χ0n) is 11.5. The normalized spacial score (nSPS) is 17.9. The second-order valence-electron chi connectivity index (χ2n) is 4.94. The predicted molar refractivity (Wildman–Crippen MR) is 88.3 cm³/mol. The molecule has 0 saturated carbocycles. The van der Waals surface area contributed by atoms with Gasteiger partial charge in [-0.05, 0) is 16.3 Å². The number of fused-ring (bicyclic) bond motifs is 1. The van der Waals surface area contributed by atoms with Crippen molar-refractivity contribution in [2.45, 2.75) is 5.92 Å². The van der Waals surface area contributed by atoms with E-state index in [2.05, 4.69) is 30.1 Å². The van der Waals surface area contributed by atoms with Crippen molar-refractivity contribution in [2.75, 3.05) is 0 Å². The molecular formula is C17H12N4S. The Morgan fingerprint density at radius 1 is 1.00 bits per heavy atom. The zero-order valence-corrected chi connectivity index (χ0v) is 12.4. The Morgan fingerprint density at radius 2 is 1.68 bits per heavy atom. The van der Waals surface area contributed by atoms with Gasteiger partial charge in [-0.1, -0.05) is 42.5 Å². The topological polar surface area (TPSA) is 85.6 Å². The van der Waals surface area contributed by atoms with Gasteiger partial charge < -0.3 is 11.1 Å². The number of hydrogen-bond acceptors (Lipinski definition) is 5. The van der Waals surface area contributed by atoms with Crippen LogP contribution in [0.15, 0.2) is 64.5 Å². The van der Waals surface area contributed by atoms with E-state index in [1.165, 1.54) is 0 Å². The van der Waals surface area contributed by atoms with E-state index >= 15 is 0 Å². The van der Waals surface area contributed by atoms with Crippen LogP contribution in [0.4, 0.5) is 0 Å². The molecular weight excluding hydrogens is 292 g/mol. The fourth-order valence-electron chi connectivity index (χ4n) is 2.75. The van der Waals surface area contributed by atoms with E-state index in [9.17, 15) is 10.5 Å². The molecule has 0 amide bonds. The number of thiol groups is 1. The highest BCUT2D eigenvalue weighted by molar-refractivity contribution is 7.84. The molecule has 1 atom stereocenters. The van der Waals surface area contributed by atoms with Crippen LogP contribution in [0.25, 0.3) is 10.8 Å². The molecule has 2 aromatic rings.